The second kappa shape index (κ2) is 5.57. The molecule has 1 aliphatic carbocycles. The molecule has 1 heterocycles. The van der Waals surface area contributed by atoms with Gasteiger partial charge >= 0.3 is 0 Å². The van der Waals surface area contributed by atoms with E-state index in [4.69, 9.17) is 4.42 Å². The van der Waals surface area contributed by atoms with E-state index in [2.05, 4.69) is 17.4 Å². The lowest BCUT2D eigenvalue weighted by Gasteiger charge is -2.15. The van der Waals surface area contributed by atoms with Crippen molar-refractivity contribution in [3.05, 3.63) is 36.1 Å². The third-order valence-corrected chi connectivity index (χ3v) is 4.00. The number of para-hydroxylation sites is 1. The minimum Gasteiger partial charge on any atom is -0.464 e. The van der Waals surface area contributed by atoms with Crippen molar-refractivity contribution in [1.29, 1.82) is 0 Å². The van der Waals surface area contributed by atoms with Crippen LogP contribution in [0.15, 0.2) is 34.9 Å². The molecule has 1 aliphatic rings. The van der Waals surface area contributed by atoms with Crippen LogP contribution in [0.1, 0.15) is 44.1 Å². The molecule has 0 aliphatic heterocycles. The highest BCUT2D eigenvalue weighted by atomic mass is 16.3. The van der Waals surface area contributed by atoms with Gasteiger partial charge in [0.2, 0.25) is 0 Å². The number of hydrogen-bond donors (Lipinski definition) is 1. The van der Waals surface area contributed by atoms with Crippen molar-refractivity contribution in [2.24, 2.45) is 0 Å². The van der Waals surface area contributed by atoms with Crippen molar-refractivity contribution in [2.45, 2.75) is 51.1 Å². The van der Waals surface area contributed by atoms with Gasteiger partial charge in [-0.1, -0.05) is 43.9 Å². The number of nitrogens with one attached hydrogen (secondary N) is 1. The van der Waals surface area contributed by atoms with Gasteiger partial charge in [-0.05, 0) is 18.9 Å². The monoisotopic (exact) mass is 243 g/mol. The quantitative estimate of drug-likeness (QED) is 0.815. The maximum Gasteiger partial charge on any atom is 0.134 e. The number of fused-ring (bicyclic) bond motifs is 1. The molecule has 0 bridgehead atoms. The summed E-state index contributed by atoms with van der Waals surface area (Å²) in [4.78, 5) is 0. The molecular formula is C16H21NO. The molecule has 1 N–H and O–H groups in total. The Morgan fingerprint density at radius 1 is 1.06 bits per heavy atom. The third-order valence-electron chi connectivity index (χ3n) is 4.00. The van der Waals surface area contributed by atoms with Crippen LogP contribution in [-0.2, 0) is 6.54 Å². The van der Waals surface area contributed by atoms with Gasteiger partial charge in [-0.3, -0.25) is 0 Å². The number of hydrogen-bond acceptors (Lipinski definition) is 2. The average molecular weight is 243 g/mol. The van der Waals surface area contributed by atoms with Crippen LogP contribution < -0.4 is 5.32 Å². The molecule has 1 aromatic carbocycles. The van der Waals surface area contributed by atoms with E-state index in [-0.39, 0.29) is 0 Å². The highest BCUT2D eigenvalue weighted by Crippen LogP contribution is 2.22. The Bertz CT molecular complexity index is 495. The van der Waals surface area contributed by atoms with Crippen LogP contribution in [0.2, 0.25) is 0 Å². The van der Waals surface area contributed by atoms with Crippen LogP contribution in [0.5, 0.6) is 0 Å². The van der Waals surface area contributed by atoms with Gasteiger partial charge in [0.25, 0.3) is 0 Å². The Morgan fingerprint density at radius 3 is 2.67 bits per heavy atom. The van der Waals surface area contributed by atoms with Gasteiger partial charge in [0.15, 0.2) is 0 Å². The molecule has 0 radical (unpaired) electrons. The summed E-state index contributed by atoms with van der Waals surface area (Å²) >= 11 is 0. The van der Waals surface area contributed by atoms with Gasteiger partial charge in [0.05, 0.1) is 6.26 Å². The van der Waals surface area contributed by atoms with Crippen LogP contribution in [0.25, 0.3) is 11.0 Å². The average Bonchev–Trinajstić information content (AvgIpc) is 2.64. The molecule has 0 unspecified atom stereocenters. The zero-order valence-corrected chi connectivity index (χ0v) is 10.8. The number of rotatable bonds is 3. The molecule has 0 amide bonds. The number of furan rings is 1. The smallest absolute Gasteiger partial charge is 0.134 e. The summed E-state index contributed by atoms with van der Waals surface area (Å²) in [6, 6.07) is 8.97. The van der Waals surface area contributed by atoms with Crippen molar-refractivity contribution in [3.8, 4) is 0 Å². The number of benzene rings is 1. The minimum absolute atomic E-state index is 0.696. The van der Waals surface area contributed by atoms with Gasteiger partial charge in [0.1, 0.15) is 5.58 Å². The van der Waals surface area contributed by atoms with Crippen molar-refractivity contribution in [1.82, 2.24) is 5.32 Å². The molecule has 2 heteroatoms. The maximum absolute atomic E-state index is 5.57. The first kappa shape index (κ1) is 11.8. The minimum atomic E-state index is 0.696. The normalized spacial score (nSPS) is 18.0. The Labute approximate surface area is 108 Å². The Hall–Kier alpha value is -1.28. The van der Waals surface area contributed by atoms with E-state index in [1.807, 2.05) is 18.4 Å². The summed E-state index contributed by atoms with van der Waals surface area (Å²) < 4.78 is 5.57. The zero-order chi connectivity index (χ0) is 12.2. The molecule has 2 nitrogen and oxygen atoms in total. The van der Waals surface area contributed by atoms with E-state index >= 15 is 0 Å². The molecule has 1 saturated carbocycles. The van der Waals surface area contributed by atoms with Gasteiger partial charge in [0, 0.05) is 23.5 Å². The fraction of sp³-hybridized carbons (Fsp3) is 0.500. The van der Waals surface area contributed by atoms with Crippen LogP contribution >= 0.6 is 0 Å². The third kappa shape index (κ3) is 2.59. The van der Waals surface area contributed by atoms with Gasteiger partial charge < -0.3 is 9.73 Å². The lowest BCUT2D eigenvalue weighted by molar-refractivity contribution is 0.458. The van der Waals surface area contributed by atoms with Crippen LogP contribution in [0.3, 0.4) is 0 Å². The molecular weight excluding hydrogens is 222 g/mol. The second-order valence-corrected chi connectivity index (χ2v) is 5.33. The van der Waals surface area contributed by atoms with Crippen molar-refractivity contribution in [2.75, 3.05) is 0 Å². The summed E-state index contributed by atoms with van der Waals surface area (Å²) in [5.74, 6) is 0. The van der Waals surface area contributed by atoms with Crippen LogP contribution in [0, 0.1) is 0 Å². The molecule has 0 spiro atoms. The maximum atomic E-state index is 5.57. The van der Waals surface area contributed by atoms with E-state index in [0.29, 0.717) is 6.04 Å². The Kier molecular flexibility index (Phi) is 3.65. The molecule has 96 valence electrons. The highest BCUT2D eigenvalue weighted by molar-refractivity contribution is 5.80. The molecule has 1 fully saturated rings. The van der Waals surface area contributed by atoms with Crippen molar-refractivity contribution in [3.63, 3.8) is 0 Å². The predicted octanol–water partition coefficient (Wildman–Crippen LogP) is 4.25. The van der Waals surface area contributed by atoms with Crippen molar-refractivity contribution >= 4 is 11.0 Å². The van der Waals surface area contributed by atoms with E-state index in [9.17, 15) is 0 Å². The SMILES string of the molecule is c1ccc2c(CNC3CCCCCC3)coc2c1. The first-order chi connectivity index (χ1) is 8.93. The summed E-state index contributed by atoms with van der Waals surface area (Å²) in [6.45, 7) is 0.932. The first-order valence-corrected chi connectivity index (χ1v) is 7.12. The van der Waals surface area contributed by atoms with Gasteiger partial charge in [-0.15, -0.1) is 0 Å². The Balaban J connectivity index is 1.65. The largest absolute Gasteiger partial charge is 0.464 e. The fourth-order valence-corrected chi connectivity index (χ4v) is 2.91. The molecule has 1 aromatic heterocycles. The molecule has 3 rings (SSSR count). The van der Waals surface area contributed by atoms with E-state index < -0.39 is 0 Å². The summed E-state index contributed by atoms with van der Waals surface area (Å²) in [6.07, 6.45) is 10.1. The lowest BCUT2D eigenvalue weighted by Crippen LogP contribution is -2.27. The Morgan fingerprint density at radius 2 is 1.83 bits per heavy atom. The molecule has 0 atom stereocenters. The van der Waals surface area contributed by atoms with Gasteiger partial charge in [-0.25, -0.2) is 0 Å². The predicted molar refractivity (Wildman–Crippen MR) is 74.5 cm³/mol. The summed E-state index contributed by atoms with van der Waals surface area (Å²) in [5, 5.41) is 4.94. The lowest BCUT2D eigenvalue weighted by atomic mass is 10.1. The summed E-state index contributed by atoms with van der Waals surface area (Å²) in [5.41, 5.74) is 2.28. The molecule has 18 heavy (non-hydrogen) atoms. The van der Waals surface area contributed by atoms with E-state index in [0.717, 1.165) is 12.1 Å². The summed E-state index contributed by atoms with van der Waals surface area (Å²) in [7, 11) is 0. The van der Waals surface area contributed by atoms with Crippen LogP contribution in [0.4, 0.5) is 0 Å². The highest BCUT2D eigenvalue weighted by Gasteiger charge is 2.12. The topological polar surface area (TPSA) is 25.2 Å². The fourth-order valence-electron chi connectivity index (χ4n) is 2.91. The molecule has 0 saturated heterocycles. The van der Waals surface area contributed by atoms with Gasteiger partial charge in [-0.2, -0.15) is 0 Å². The first-order valence-electron chi connectivity index (χ1n) is 7.12. The van der Waals surface area contributed by atoms with Crippen molar-refractivity contribution < 1.29 is 4.42 Å². The molecule has 2 aromatic rings. The standard InChI is InChI=1S/C16H21NO/c1-2-4-8-14(7-3-1)17-11-13-12-18-16-10-6-5-9-15(13)16/h5-6,9-10,12,14,17H,1-4,7-8,11H2. The van der Waals surface area contributed by atoms with E-state index in [1.54, 1.807) is 0 Å². The van der Waals surface area contributed by atoms with E-state index in [1.165, 1.54) is 49.5 Å². The zero-order valence-electron chi connectivity index (χ0n) is 10.8. The second-order valence-electron chi connectivity index (χ2n) is 5.33. The van der Waals surface area contributed by atoms with Crippen LogP contribution in [-0.4, -0.2) is 6.04 Å².